The Balaban J connectivity index is 2.66. The fourth-order valence-electron chi connectivity index (χ4n) is 1.50. The van der Waals surface area contributed by atoms with E-state index >= 15 is 0 Å². The largest absolute Gasteiger partial charge is 0.365 e. The summed E-state index contributed by atoms with van der Waals surface area (Å²) in [5.41, 5.74) is -0.186. The van der Waals surface area contributed by atoms with Gasteiger partial charge in [-0.05, 0) is 20.8 Å². The van der Waals surface area contributed by atoms with Crippen LogP contribution in [0.5, 0.6) is 0 Å². The Hall–Kier alpha value is -1.08. The van der Waals surface area contributed by atoms with Crippen LogP contribution in [0.4, 0.5) is 0 Å². The minimum absolute atomic E-state index is 0.00619. The lowest BCUT2D eigenvalue weighted by Crippen LogP contribution is -2.54. The third-order valence-electron chi connectivity index (χ3n) is 2.26. The smallest absolute Gasteiger partial charge is 0.249 e. The maximum atomic E-state index is 11.5. The van der Waals surface area contributed by atoms with Gasteiger partial charge >= 0.3 is 0 Å². The molecule has 0 aromatic rings. The maximum Gasteiger partial charge on any atom is 0.249 e. The van der Waals surface area contributed by atoms with Gasteiger partial charge in [0.05, 0.1) is 18.6 Å². The predicted octanol–water partition coefficient (Wildman–Crippen LogP) is 0.926. The quantitative estimate of drug-likeness (QED) is 0.626. The molecule has 0 bridgehead atoms. The lowest BCUT2D eigenvalue weighted by atomic mass is 10.0. The van der Waals surface area contributed by atoms with Crippen LogP contribution in [0.3, 0.4) is 0 Å². The summed E-state index contributed by atoms with van der Waals surface area (Å²) < 4.78 is 5.24. The van der Waals surface area contributed by atoms with Crippen molar-refractivity contribution in [2.75, 3.05) is 13.2 Å². The minimum atomic E-state index is -0.186. The van der Waals surface area contributed by atoms with E-state index in [1.165, 1.54) is 0 Å². The fourth-order valence-corrected chi connectivity index (χ4v) is 1.50. The Labute approximate surface area is 84.4 Å². The van der Waals surface area contributed by atoms with Gasteiger partial charge < -0.3 is 9.64 Å². The van der Waals surface area contributed by atoms with Crippen LogP contribution in [0.2, 0.25) is 0 Å². The normalized spacial score (nSPS) is 23.4. The molecule has 0 aliphatic carbocycles. The second kappa shape index (κ2) is 3.97. The standard InChI is InChI=1S/C10H16N2O2/c1-10(2,3)12-6-8(4-5-11)14-7-9(12)13/h8H,4,6-7H2,1-3H3. The number of hydrogen-bond donors (Lipinski definition) is 0. The summed E-state index contributed by atoms with van der Waals surface area (Å²) in [6.45, 7) is 6.58. The molecule has 0 aromatic carbocycles. The van der Waals surface area contributed by atoms with Gasteiger partial charge in [0.15, 0.2) is 0 Å². The first-order chi connectivity index (χ1) is 6.45. The van der Waals surface area contributed by atoms with E-state index in [-0.39, 0.29) is 24.2 Å². The molecule has 0 saturated carbocycles. The van der Waals surface area contributed by atoms with Gasteiger partial charge in [0.1, 0.15) is 6.61 Å². The summed E-state index contributed by atoms with van der Waals surface area (Å²) in [5, 5.41) is 8.54. The lowest BCUT2D eigenvalue weighted by Gasteiger charge is -2.40. The number of nitrogens with zero attached hydrogens (tertiary/aromatic N) is 2. The molecule has 78 valence electrons. The first-order valence-corrected chi connectivity index (χ1v) is 4.74. The summed E-state index contributed by atoms with van der Waals surface area (Å²) in [5.74, 6) is 0.00619. The van der Waals surface area contributed by atoms with Gasteiger partial charge in [-0.2, -0.15) is 5.26 Å². The van der Waals surface area contributed by atoms with Crippen LogP contribution in [0.15, 0.2) is 0 Å². The Morgan fingerprint density at radius 3 is 2.79 bits per heavy atom. The predicted molar refractivity (Wildman–Crippen MR) is 51.4 cm³/mol. The molecule has 14 heavy (non-hydrogen) atoms. The van der Waals surface area contributed by atoms with Crippen LogP contribution < -0.4 is 0 Å². The molecule has 1 fully saturated rings. The molecule has 4 heteroatoms. The van der Waals surface area contributed by atoms with E-state index in [0.29, 0.717) is 13.0 Å². The highest BCUT2D eigenvalue weighted by Gasteiger charge is 2.33. The van der Waals surface area contributed by atoms with Crippen molar-refractivity contribution in [3.05, 3.63) is 0 Å². The van der Waals surface area contributed by atoms with Gasteiger partial charge in [0.2, 0.25) is 5.91 Å². The summed E-state index contributed by atoms with van der Waals surface area (Å²) in [4.78, 5) is 13.3. The van der Waals surface area contributed by atoms with Crippen LogP contribution in [-0.4, -0.2) is 35.6 Å². The number of morpholine rings is 1. The third kappa shape index (κ3) is 2.46. The van der Waals surface area contributed by atoms with Crippen molar-refractivity contribution in [3.8, 4) is 6.07 Å². The van der Waals surface area contributed by atoms with Crippen molar-refractivity contribution < 1.29 is 9.53 Å². The van der Waals surface area contributed by atoms with Gasteiger partial charge in [0, 0.05) is 12.1 Å². The van der Waals surface area contributed by atoms with Crippen molar-refractivity contribution >= 4 is 5.91 Å². The maximum absolute atomic E-state index is 11.5. The summed E-state index contributed by atoms with van der Waals surface area (Å²) in [6.07, 6.45) is 0.219. The number of carbonyl (C=O) groups excluding carboxylic acids is 1. The van der Waals surface area contributed by atoms with E-state index in [2.05, 4.69) is 6.07 Å². The molecule has 1 heterocycles. The Bertz CT molecular complexity index is 262. The zero-order valence-corrected chi connectivity index (χ0v) is 8.91. The topological polar surface area (TPSA) is 53.3 Å². The highest BCUT2D eigenvalue weighted by molar-refractivity contribution is 5.78. The minimum Gasteiger partial charge on any atom is -0.365 e. The van der Waals surface area contributed by atoms with Crippen molar-refractivity contribution in [2.45, 2.75) is 38.8 Å². The van der Waals surface area contributed by atoms with E-state index in [4.69, 9.17) is 10.00 Å². The average molecular weight is 196 g/mol. The Morgan fingerprint density at radius 1 is 1.64 bits per heavy atom. The molecule has 1 aliphatic rings. The van der Waals surface area contributed by atoms with Gasteiger partial charge in [-0.1, -0.05) is 0 Å². The molecule has 0 spiro atoms. The van der Waals surface area contributed by atoms with Gasteiger partial charge in [0.25, 0.3) is 0 Å². The summed E-state index contributed by atoms with van der Waals surface area (Å²) in [6, 6.07) is 2.06. The molecule has 0 aromatic heterocycles. The molecule has 4 nitrogen and oxygen atoms in total. The van der Waals surface area contributed by atoms with Gasteiger partial charge in [-0.3, -0.25) is 4.79 Å². The van der Waals surface area contributed by atoms with E-state index in [1.807, 2.05) is 20.8 Å². The monoisotopic (exact) mass is 196 g/mol. The van der Waals surface area contributed by atoms with E-state index < -0.39 is 0 Å². The first kappa shape index (κ1) is 11.0. The second-order valence-corrected chi connectivity index (χ2v) is 4.47. The van der Waals surface area contributed by atoms with Crippen LogP contribution in [0.25, 0.3) is 0 Å². The number of carbonyl (C=O) groups is 1. The summed E-state index contributed by atoms with van der Waals surface area (Å²) in [7, 11) is 0. The average Bonchev–Trinajstić information content (AvgIpc) is 2.07. The second-order valence-electron chi connectivity index (χ2n) is 4.47. The number of ether oxygens (including phenoxy) is 1. The Kier molecular flexibility index (Phi) is 3.12. The highest BCUT2D eigenvalue weighted by atomic mass is 16.5. The zero-order chi connectivity index (χ0) is 10.8. The van der Waals surface area contributed by atoms with Crippen molar-refractivity contribution in [1.29, 1.82) is 5.26 Å². The van der Waals surface area contributed by atoms with E-state index in [1.54, 1.807) is 4.90 Å². The number of amides is 1. The molecule has 1 rings (SSSR count). The van der Waals surface area contributed by atoms with Gasteiger partial charge in [-0.15, -0.1) is 0 Å². The van der Waals surface area contributed by atoms with E-state index in [9.17, 15) is 4.79 Å². The van der Waals surface area contributed by atoms with Crippen LogP contribution >= 0.6 is 0 Å². The molecule has 1 aliphatic heterocycles. The lowest BCUT2D eigenvalue weighted by molar-refractivity contribution is -0.155. The number of hydrogen-bond acceptors (Lipinski definition) is 3. The Morgan fingerprint density at radius 2 is 2.29 bits per heavy atom. The number of nitriles is 1. The van der Waals surface area contributed by atoms with Crippen molar-refractivity contribution in [1.82, 2.24) is 4.90 Å². The van der Waals surface area contributed by atoms with E-state index in [0.717, 1.165) is 0 Å². The van der Waals surface area contributed by atoms with Crippen LogP contribution in [0, 0.1) is 11.3 Å². The third-order valence-corrected chi connectivity index (χ3v) is 2.26. The number of rotatable bonds is 1. The van der Waals surface area contributed by atoms with Crippen molar-refractivity contribution in [3.63, 3.8) is 0 Å². The first-order valence-electron chi connectivity index (χ1n) is 4.74. The van der Waals surface area contributed by atoms with Crippen LogP contribution in [-0.2, 0) is 9.53 Å². The summed E-state index contributed by atoms with van der Waals surface area (Å²) >= 11 is 0. The molecular weight excluding hydrogens is 180 g/mol. The fraction of sp³-hybridized carbons (Fsp3) is 0.800. The highest BCUT2D eigenvalue weighted by Crippen LogP contribution is 2.19. The molecule has 0 N–H and O–H groups in total. The SMILES string of the molecule is CC(C)(C)N1CC(CC#N)OCC1=O. The molecule has 1 saturated heterocycles. The van der Waals surface area contributed by atoms with Crippen molar-refractivity contribution in [2.24, 2.45) is 0 Å². The van der Waals surface area contributed by atoms with Crippen LogP contribution in [0.1, 0.15) is 27.2 Å². The molecule has 1 atom stereocenters. The molecular formula is C10H16N2O2. The molecule has 0 radical (unpaired) electrons. The molecule has 1 unspecified atom stereocenters. The zero-order valence-electron chi connectivity index (χ0n) is 8.91. The van der Waals surface area contributed by atoms with Gasteiger partial charge in [-0.25, -0.2) is 0 Å². The molecule has 1 amide bonds.